The van der Waals surface area contributed by atoms with E-state index in [0.717, 1.165) is 11.4 Å². The van der Waals surface area contributed by atoms with Gasteiger partial charge in [0.2, 0.25) is 0 Å². The number of carbonyl (C=O) groups excluding carboxylic acids is 1. The number of pyridine rings is 1. The molecule has 0 unspecified atom stereocenters. The maximum absolute atomic E-state index is 12.2. The Balaban J connectivity index is 2.22. The van der Waals surface area contributed by atoms with Crippen molar-refractivity contribution in [3.63, 3.8) is 0 Å². The molecule has 0 spiro atoms. The Labute approximate surface area is 119 Å². The highest BCUT2D eigenvalue weighted by Crippen LogP contribution is 2.23. The average Bonchev–Trinajstić information content (AvgIpc) is 2.71. The molecular weight excluding hydrogens is 252 g/mol. The molecule has 0 atom stereocenters. The van der Waals surface area contributed by atoms with E-state index in [1.165, 1.54) is 0 Å². The zero-order chi connectivity index (χ0) is 14.9. The van der Waals surface area contributed by atoms with Crippen LogP contribution in [0.2, 0.25) is 0 Å². The number of amides is 1. The SMILES string of the molecule is Cc1cccc(C(=O)Nc2cc(C(C)(C)C)nn2C)n1. The van der Waals surface area contributed by atoms with Gasteiger partial charge in [0, 0.05) is 24.2 Å². The van der Waals surface area contributed by atoms with Crippen LogP contribution in [0.4, 0.5) is 5.82 Å². The van der Waals surface area contributed by atoms with Crippen molar-refractivity contribution in [3.8, 4) is 0 Å². The van der Waals surface area contributed by atoms with Crippen LogP contribution in [0.5, 0.6) is 0 Å². The van der Waals surface area contributed by atoms with Crippen molar-refractivity contribution < 1.29 is 4.79 Å². The third kappa shape index (κ3) is 3.04. The van der Waals surface area contributed by atoms with E-state index in [1.807, 2.05) is 32.2 Å². The molecule has 0 bridgehead atoms. The molecule has 0 aromatic carbocycles. The predicted octanol–water partition coefficient (Wildman–Crippen LogP) is 2.67. The summed E-state index contributed by atoms with van der Waals surface area (Å²) in [7, 11) is 1.81. The third-order valence-corrected chi connectivity index (χ3v) is 3.01. The van der Waals surface area contributed by atoms with Gasteiger partial charge in [0.1, 0.15) is 11.5 Å². The molecule has 1 amide bonds. The molecular formula is C15H20N4O. The fraction of sp³-hybridized carbons (Fsp3) is 0.400. The van der Waals surface area contributed by atoms with Crippen molar-refractivity contribution in [1.82, 2.24) is 14.8 Å². The van der Waals surface area contributed by atoms with E-state index in [2.05, 4.69) is 36.2 Å². The lowest BCUT2D eigenvalue weighted by Gasteiger charge is -2.13. The number of hydrogen-bond donors (Lipinski definition) is 1. The second kappa shape index (κ2) is 5.07. The summed E-state index contributed by atoms with van der Waals surface area (Å²) in [5, 5.41) is 7.27. The van der Waals surface area contributed by atoms with Gasteiger partial charge in [-0.3, -0.25) is 9.48 Å². The van der Waals surface area contributed by atoms with Gasteiger partial charge in [0.25, 0.3) is 5.91 Å². The van der Waals surface area contributed by atoms with Crippen LogP contribution in [-0.2, 0) is 12.5 Å². The molecule has 0 aliphatic rings. The summed E-state index contributed by atoms with van der Waals surface area (Å²) in [5.41, 5.74) is 2.11. The molecule has 106 valence electrons. The molecule has 0 fully saturated rings. The highest BCUT2D eigenvalue weighted by molar-refractivity contribution is 6.02. The molecule has 2 aromatic rings. The van der Waals surface area contributed by atoms with Crippen molar-refractivity contribution in [1.29, 1.82) is 0 Å². The Bertz CT molecular complexity index is 638. The van der Waals surface area contributed by atoms with E-state index < -0.39 is 0 Å². The standard InChI is InChI=1S/C15H20N4O/c1-10-7-6-8-11(16-10)14(20)17-13-9-12(15(2,3)4)18-19(13)5/h6-9H,1-5H3,(H,17,20). The van der Waals surface area contributed by atoms with Gasteiger partial charge in [0.05, 0.1) is 5.69 Å². The maximum atomic E-state index is 12.2. The maximum Gasteiger partial charge on any atom is 0.275 e. The van der Waals surface area contributed by atoms with Crippen molar-refractivity contribution in [2.45, 2.75) is 33.1 Å². The zero-order valence-corrected chi connectivity index (χ0v) is 12.6. The molecule has 0 aliphatic heterocycles. The smallest absolute Gasteiger partial charge is 0.275 e. The van der Waals surface area contributed by atoms with Gasteiger partial charge >= 0.3 is 0 Å². The number of nitrogens with one attached hydrogen (secondary N) is 1. The van der Waals surface area contributed by atoms with E-state index >= 15 is 0 Å². The molecule has 0 radical (unpaired) electrons. The summed E-state index contributed by atoms with van der Waals surface area (Å²) in [6.45, 7) is 8.12. The first-order valence-corrected chi connectivity index (χ1v) is 6.57. The Morgan fingerprint density at radius 2 is 2.00 bits per heavy atom. The topological polar surface area (TPSA) is 59.8 Å². The normalized spacial score (nSPS) is 11.4. The second-order valence-electron chi connectivity index (χ2n) is 5.91. The van der Waals surface area contributed by atoms with Crippen LogP contribution in [0.1, 0.15) is 42.6 Å². The summed E-state index contributed by atoms with van der Waals surface area (Å²) in [5.74, 6) is 0.445. The van der Waals surface area contributed by atoms with E-state index in [9.17, 15) is 4.79 Å². The summed E-state index contributed by atoms with van der Waals surface area (Å²) in [6, 6.07) is 7.27. The van der Waals surface area contributed by atoms with Crippen LogP contribution in [0.25, 0.3) is 0 Å². The highest BCUT2D eigenvalue weighted by Gasteiger charge is 2.20. The molecule has 0 saturated carbocycles. The fourth-order valence-electron chi connectivity index (χ4n) is 1.80. The van der Waals surface area contributed by atoms with E-state index in [1.54, 1.807) is 10.7 Å². The van der Waals surface area contributed by atoms with Crippen LogP contribution in [-0.4, -0.2) is 20.7 Å². The molecule has 2 aromatic heterocycles. The molecule has 1 N–H and O–H groups in total. The van der Waals surface area contributed by atoms with Gasteiger partial charge in [0.15, 0.2) is 0 Å². The number of anilines is 1. The number of rotatable bonds is 2. The van der Waals surface area contributed by atoms with Crippen LogP contribution < -0.4 is 5.32 Å². The van der Waals surface area contributed by atoms with Crippen molar-refractivity contribution in [2.75, 3.05) is 5.32 Å². The minimum Gasteiger partial charge on any atom is -0.305 e. The Morgan fingerprint density at radius 3 is 2.55 bits per heavy atom. The minimum absolute atomic E-state index is 0.0533. The molecule has 5 heteroatoms. The molecule has 2 rings (SSSR count). The number of hydrogen-bond acceptors (Lipinski definition) is 3. The largest absolute Gasteiger partial charge is 0.305 e. The first kappa shape index (κ1) is 14.2. The Kier molecular flexibility index (Phi) is 3.61. The lowest BCUT2D eigenvalue weighted by Crippen LogP contribution is -2.16. The number of nitrogens with zero attached hydrogens (tertiary/aromatic N) is 3. The lowest BCUT2D eigenvalue weighted by molar-refractivity contribution is 0.102. The van der Waals surface area contributed by atoms with Gasteiger partial charge < -0.3 is 5.32 Å². The second-order valence-corrected chi connectivity index (χ2v) is 5.91. The van der Waals surface area contributed by atoms with Crippen molar-refractivity contribution in [3.05, 3.63) is 41.3 Å². The summed E-state index contributed by atoms with van der Waals surface area (Å²) in [4.78, 5) is 16.4. The van der Waals surface area contributed by atoms with E-state index in [0.29, 0.717) is 11.5 Å². The first-order valence-electron chi connectivity index (χ1n) is 6.57. The number of carbonyl (C=O) groups is 1. The van der Waals surface area contributed by atoms with Crippen LogP contribution in [0.15, 0.2) is 24.3 Å². The highest BCUT2D eigenvalue weighted by atomic mass is 16.2. The lowest BCUT2D eigenvalue weighted by atomic mass is 9.92. The van der Waals surface area contributed by atoms with Gasteiger partial charge in [-0.1, -0.05) is 26.8 Å². The molecule has 5 nitrogen and oxygen atoms in total. The predicted molar refractivity (Wildman–Crippen MR) is 78.8 cm³/mol. The first-order chi connectivity index (χ1) is 9.27. The number of aryl methyl sites for hydroxylation is 2. The molecule has 0 saturated heterocycles. The molecule has 2 heterocycles. The van der Waals surface area contributed by atoms with Gasteiger partial charge in [-0.2, -0.15) is 5.10 Å². The van der Waals surface area contributed by atoms with Gasteiger partial charge in [-0.05, 0) is 19.1 Å². The summed E-state index contributed by atoms with van der Waals surface area (Å²) < 4.78 is 1.67. The Hall–Kier alpha value is -2.17. The summed E-state index contributed by atoms with van der Waals surface area (Å²) >= 11 is 0. The third-order valence-electron chi connectivity index (χ3n) is 3.01. The molecule has 20 heavy (non-hydrogen) atoms. The number of aromatic nitrogens is 3. The minimum atomic E-state index is -0.225. The Morgan fingerprint density at radius 1 is 1.30 bits per heavy atom. The quantitative estimate of drug-likeness (QED) is 0.914. The van der Waals surface area contributed by atoms with Crippen molar-refractivity contribution in [2.24, 2.45) is 7.05 Å². The van der Waals surface area contributed by atoms with Crippen molar-refractivity contribution >= 4 is 11.7 Å². The molecule has 0 aliphatic carbocycles. The average molecular weight is 272 g/mol. The van der Waals surface area contributed by atoms with Crippen LogP contribution >= 0.6 is 0 Å². The van der Waals surface area contributed by atoms with Gasteiger partial charge in [-0.25, -0.2) is 4.98 Å². The monoisotopic (exact) mass is 272 g/mol. The fourth-order valence-corrected chi connectivity index (χ4v) is 1.80. The van der Waals surface area contributed by atoms with E-state index in [-0.39, 0.29) is 11.3 Å². The zero-order valence-electron chi connectivity index (χ0n) is 12.6. The van der Waals surface area contributed by atoms with E-state index in [4.69, 9.17) is 0 Å². The van der Waals surface area contributed by atoms with Crippen LogP contribution in [0, 0.1) is 6.92 Å². The van der Waals surface area contributed by atoms with Gasteiger partial charge in [-0.15, -0.1) is 0 Å². The van der Waals surface area contributed by atoms with Crippen LogP contribution in [0.3, 0.4) is 0 Å². The summed E-state index contributed by atoms with van der Waals surface area (Å²) in [6.07, 6.45) is 0.